The molecule has 0 unspecified atom stereocenters. The number of aryl methyl sites for hydroxylation is 1. The molecule has 0 spiro atoms. The number of nitrogens with one attached hydrogen (secondary N) is 2. The molecule has 0 bridgehead atoms. The summed E-state index contributed by atoms with van der Waals surface area (Å²) in [6.45, 7) is 1.95. The summed E-state index contributed by atoms with van der Waals surface area (Å²) in [6, 6.07) is 16.8. The highest BCUT2D eigenvalue weighted by Crippen LogP contribution is 2.24. The number of aromatic nitrogens is 3. The van der Waals surface area contributed by atoms with Crippen molar-refractivity contribution in [3.8, 4) is 0 Å². The van der Waals surface area contributed by atoms with E-state index in [1.807, 2.05) is 12.1 Å². The molecule has 0 aliphatic heterocycles. The Morgan fingerprint density at radius 2 is 1.83 bits per heavy atom. The number of para-hydroxylation sites is 1. The van der Waals surface area contributed by atoms with Crippen LogP contribution >= 0.6 is 0 Å². The van der Waals surface area contributed by atoms with Crippen molar-refractivity contribution in [2.45, 2.75) is 18.4 Å². The maximum Gasteiger partial charge on any atom is 0.273 e. The SMILES string of the molecule is Cc1ccc(S(=O)(=O)Nc2ccc(C(=O)Nc3ccccc3Cn3cncn3)cc2)cc1[N+](=O)[O-]. The molecule has 35 heavy (non-hydrogen) atoms. The van der Waals surface area contributed by atoms with Crippen LogP contribution in [0.25, 0.3) is 0 Å². The van der Waals surface area contributed by atoms with Crippen molar-refractivity contribution in [1.82, 2.24) is 14.8 Å². The van der Waals surface area contributed by atoms with Gasteiger partial charge in [-0.15, -0.1) is 0 Å². The number of carbonyl (C=O) groups excluding carboxylic acids is 1. The van der Waals surface area contributed by atoms with Crippen LogP contribution in [-0.4, -0.2) is 34.0 Å². The van der Waals surface area contributed by atoms with Crippen LogP contribution in [0.5, 0.6) is 0 Å². The number of sulfonamides is 1. The molecular formula is C23H20N6O5S. The predicted molar refractivity (Wildman–Crippen MR) is 129 cm³/mol. The highest BCUT2D eigenvalue weighted by atomic mass is 32.2. The van der Waals surface area contributed by atoms with Crippen LogP contribution in [0.15, 0.2) is 84.3 Å². The molecule has 1 heterocycles. The van der Waals surface area contributed by atoms with Crippen molar-refractivity contribution in [2.75, 3.05) is 10.0 Å². The van der Waals surface area contributed by atoms with E-state index in [4.69, 9.17) is 0 Å². The lowest BCUT2D eigenvalue weighted by Crippen LogP contribution is -2.15. The minimum atomic E-state index is -4.07. The molecule has 1 amide bonds. The zero-order valence-corrected chi connectivity index (χ0v) is 19.3. The van der Waals surface area contributed by atoms with Crippen molar-refractivity contribution < 1.29 is 18.1 Å². The molecule has 1 aromatic heterocycles. The van der Waals surface area contributed by atoms with E-state index in [2.05, 4.69) is 20.1 Å². The number of amides is 1. The highest BCUT2D eigenvalue weighted by Gasteiger charge is 2.20. The largest absolute Gasteiger partial charge is 0.322 e. The zero-order chi connectivity index (χ0) is 25.0. The molecule has 12 heteroatoms. The van der Waals surface area contributed by atoms with E-state index in [0.29, 0.717) is 23.4 Å². The average molecular weight is 493 g/mol. The fourth-order valence-corrected chi connectivity index (χ4v) is 4.40. The second-order valence-electron chi connectivity index (χ2n) is 7.59. The van der Waals surface area contributed by atoms with Gasteiger partial charge in [0.15, 0.2) is 0 Å². The van der Waals surface area contributed by atoms with Gasteiger partial charge in [0.1, 0.15) is 12.7 Å². The predicted octanol–water partition coefficient (Wildman–Crippen LogP) is 3.60. The van der Waals surface area contributed by atoms with Crippen LogP contribution in [0.3, 0.4) is 0 Å². The highest BCUT2D eigenvalue weighted by molar-refractivity contribution is 7.92. The molecule has 4 rings (SSSR count). The number of anilines is 2. The van der Waals surface area contributed by atoms with Crippen LogP contribution in [0.2, 0.25) is 0 Å². The number of hydrogen-bond donors (Lipinski definition) is 2. The third-order valence-corrected chi connectivity index (χ3v) is 6.53. The first kappa shape index (κ1) is 23.6. The molecule has 0 saturated carbocycles. The second-order valence-corrected chi connectivity index (χ2v) is 9.27. The summed E-state index contributed by atoms with van der Waals surface area (Å²) in [6.07, 6.45) is 3.00. The van der Waals surface area contributed by atoms with Gasteiger partial charge in [0.2, 0.25) is 0 Å². The van der Waals surface area contributed by atoms with Crippen molar-refractivity contribution >= 4 is 33.0 Å². The van der Waals surface area contributed by atoms with Gasteiger partial charge < -0.3 is 5.32 Å². The molecule has 0 radical (unpaired) electrons. The van der Waals surface area contributed by atoms with Crippen LogP contribution in [-0.2, 0) is 16.6 Å². The Bertz CT molecular complexity index is 1490. The Balaban J connectivity index is 1.47. The third kappa shape index (κ3) is 5.50. The van der Waals surface area contributed by atoms with Gasteiger partial charge in [-0.2, -0.15) is 5.10 Å². The summed E-state index contributed by atoms with van der Waals surface area (Å²) in [5.74, 6) is -0.375. The lowest BCUT2D eigenvalue weighted by molar-refractivity contribution is -0.385. The fourth-order valence-electron chi connectivity index (χ4n) is 3.32. The summed E-state index contributed by atoms with van der Waals surface area (Å²) < 4.78 is 29.4. The molecule has 178 valence electrons. The Morgan fingerprint density at radius 3 is 2.51 bits per heavy atom. The molecule has 4 aromatic rings. The van der Waals surface area contributed by atoms with Gasteiger partial charge in [-0.05, 0) is 48.9 Å². The van der Waals surface area contributed by atoms with Gasteiger partial charge >= 0.3 is 0 Å². The zero-order valence-electron chi connectivity index (χ0n) is 18.5. The van der Waals surface area contributed by atoms with E-state index in [-0.39, 0.29) is 22.2 Å². The number of benzene rings is 3. The first-order chi connectivity index (χ1) is 16.7. The van der Waals surface area contributed by atoms with Crippen LogP contribution < -0.4 is 10.0 Å². The second kappa shape index (κ2) is 9.73. The van der Waals surface area contributed by atoms with Gasteiger partial charge in [-0.3, -0.25) is 19.6 Å². The van der Waals surface area contributed by atoms with Gasteiger partial charge in [0, 0.05) is 28.6 Å². The Kier molecular flexibility index (Phi) is 6.55. The number of rotatable bonds is 8. The maximum atomic E-state index is 12.8. The first-order valence-electron chi connectivity index (χ1n) is 10.3. The van der Waals surface area contributed by atoms with E-state index in [0.717, 1.165) is 11.6 Å². The summed E-state index contributed by atoms with van der Waals surface area (Å²) >= 11 is 0. The number of hydrogen-bond acceptors (Lipinski definition) is 7. The van der Waals surface area contributed by atoms with Crippen molar-refractivity contribution in [1.29, 1.82) is 0 Å². The van der Waals surface area contributed by atoms with E-state index in [1.54, 1.807) is 23.1 Å². The quantitative estimate of drug-likeness (QED) is 0.282. The van der Waals surface area contributed by atoms with Crippen LogP contribution in [0.1, 0.15) is 21.5 Å². The number of nitro groups is 1. The summed E-state index contributed by atoms with van der Waals surface area (Å²) in [7, 11) is -4.07. The molecule has 0 fully saturated rings. The van der Waals surface area contributed by atoms with Crippen molar-refractivity contribution in [3.05, 3.63) is 106 Å². The number of nitro benzene ring substituents is 1. The Hall–Kier alpha value is -4.58. The normalized spacial score (nSPS) is 11.1. The first-order valence-corrected chi connectivity index (χ1v) is 11.8. The topological polar surface area (TPSA) is 149 Å². The molecule has 0 saturated heterocycles. The van der Waals surface area contributed by atoms with Gasteiger partial charge in [-0.25, -0.2) is 18.1 Å². The van der Waals surface area contributed by atoms with Crippen LogP contribution in [0.4, 0.5) is 17.1 Å². The van der Waals surface area contributed by atoms with Crippen molar-refractivity contribution in [3.63, 3.8) is 0 Å². The van der Waals surface area contributed by atoms with Crippen LogP contribution in [0, 0.1) is 17.0 Å². The molecular weight excluding hydrogens is 472 g/mol. The molecule has 2 N–H and O–H groups in total. The number of nitrogens with zero attached hydrogens (tertiary/aromatic N) is 4. The summed E-state index contributed by atoms with van der Waals surface area (Å²) in [4.78, 5) is 27.0. The van der Waals surface area contributed by atoms with Gasteiger partial charge in [-0.1, -0.05) is 24.3 Å². The minimum Gasteiger partial charge on any atom is -0.322 e. The molecule has 3 aromatic carbocycles. The van der Waals surface area contributed by atoms with E-state index < -0.39 is 14.9 Å². The van der Waals surface area contributed by atoms with E-state index in [1.165, 1.54) is 49.6 Å². The number of carbonyl (C=O) groups is 1. The minimum absolute atomic E-state index is 0.205. The lowest BCUT2D eigenvalue weighted by atomic mass is 10.1. The lowest BCUT2D eigenvalue weighted by Gasteiger charge is -2.12. The monoisotopic (exact) mass is 492 g/mol. The average Bonchev–Trinajstić information content (AvgIpc) is 3.33. The standard InChI is InChI=1S/C23H20N6O5S/c1-16-6-11-20(12-22(16)29(31)32)35(33,34)27-19-9-7-17(8-10-19)23(30)26-21-5-3-2-4-18(21)13-28-15-24-14-25-28/h2-12,14-15,27H,13H2,1H3,(H,26,30). The summed E-state index contributed by atoms with van der Waals surface area (Å²) in [5.41, 5.74) is 2.03. The van der Waals surface area contributed by atoms with Gasteiger partial charge in [0.05, 0.1) is 16.4 Å². The Morgan fingerprint density at radius 1 is 1.09 bits per heavy atom. The Labute approximate surface area is 200 Å². The third-order valence-electron chi connectivity index (χ3n) is 5.15. The van der Waals surface area contributed by atoms with Gasteiger partial charge in [0.25, 0.3) is 21.6 Å². The smallest absolute Gasteiger partial charge is 0.273 e. The summed E-state index contributed by atoms with van der Waals surface area (Å²) in [5, 5.41) is 18.1. The van der Waals surface area contributed by atoms with E-state index >= 15 is 0 Å². The molecule has 0 atom stereocenters. The fraction of sp³-hybridized carbons (Fsp3) is 0.0870. The molecule has 0 aliphatic carbocycles. The molecule has 0 aliphatic rings. The molecule has 11 nitrogen and oxygen atoms in total. The van der Waals surface area contributed by atoms with Crippen molar-refractivity contribution in [2.24, 2.45) is 0 Å². The maximum absolute atomic E-state index is 12.8. The van der Waals surface area contributed by atoms with E-state index in [9.17, 15) is 23.3 Å².